The van der Waals surface area contributed by atoms with Crippen molar-refractivity contribution in [2.45, 2.75) is 53.8 Å². The summed E-state index contributed by atoms with van der Waals surface area (Å²) in [5, 5.41) is 21.6. The van der Waals surface area contributed by atoms with Crippen LogP contribution in [0.15, 0.2) is 143 Å². The molecule has 2 aromatic heterocycles. The summed E-state index contributed by atoms with van der Waals surface area (Å²) in [5.74, 6) is -1.91. The number of ether oxygens (including phenoxy) is 2. The van der Waals surface area contributed by atoms with Crippen molar-refractivity contribution >= 4 is 69.6 Å². The number of aromatic nitrogens is 2. The number of thioether (sulfide) groups is 2. The molecule has 1 saturated heterocycles. The number of nitrogens with one attached hydrogen (secondary N) is 2. The van der Waals surface area contributed by atoms with E-state index in [4.69, 9.17) is 19.3 Å². The fourth-order valence-corrected chi connectivity index (χ4v) is 9.75. The molecule has 2 N–H and O–H groups in total. The lowest BCUT2D eigenvalue weighted by atomic mass is 9.77. The van der Waals surface area contributed by atoms with Crippen molar-refractivity contribution in [3.8, 4) is 6.07 Å². The van der Waals surface area contributed by atoms with Gasteiger partial charge in [0.05, 0.1) is 6.07 Å². The smallest absolute Gasteiger partial charge is 0.414 e. The Morgan fingerprint density at radius 2 is 1.57 bits per heavy atom. The van der Waals surface area contributed by atoms with Crippen LogP contribution in [-0.4, -0.2) is 91.3 Å². The zero-order valence-electron chi connectivity index (χ0n) is 34.5. The lowest BCUT2D eigenvalue weighted by Crippen LogP contribution is -2.70. The Labute approximate surface area is 376 Å². The van der Waals surface area contributed by atoms with E-state index < -0.39 is 58.5 Å². The number of hydrogen-bond acceptors (Lipinski definition) is 15. The number of β-lactam (4-membered cyclic amide) rings is 1. The molecule has 2 aliphatic heterocycles. The Morgan fingerprint density at radius 3 is 2.13 bits per heavy atom. The average Bonchev–Trinajstić information content (AvgIpc) is 3.76. The van der Waals surface area contributed by atoms with Crippen molar-refractivity contribution in [1.29, 1.82) is 5.26 Å². The largest absolute Gasteiger partial charge is 0.444 e. The third kappa shape index (κ3) is 9.86. The van der Waals surface area contributed by atoms with Gasteiger partial charge in [0.15, 0.2) is 10.8 Å². The molecule has 3 aromatic carbocycles. The number of nitrogens with zero attached hydrogens (tertiary/aromatic N) is 6. The molecule has 0 spiro atoms. The van der Waals surface area contributed by atoms with Gasteiger partial charge < -0.3 is 24.9 Å². The lowest BCUT2D eigenvalue weighted by molar-refractivity contribution is -0.155. The van der Waals surface area contributed by atoms with E-state index in [-0.39, 0.29) is 17.1 Å². The normalized spacial score (nSPS) is 16.6. The first kappa shape index (κ1) is 44.4. The van der Waals surface area contributed by atoms with E-state index in [0.29, 0.717) is 15.8 Å². The maximum Gasteiger partial charge on any atom is 0.414 e. The minimum Gasteiger partial charge on any atom is -0.444 e. The number of oxime groups is 1. The molecule has 0 bridgehead atoms. The molecule has 1 fully saturated rings. The van der Waals surface area contributed by atoms with E-state index in [1.165, 1.54) is 53.6 Å². The van der Waals surface area contributed by atoms with Crippen molar-refractivity contribution in [3.05, 3.63) is 155 Å². The van der Waals surface area contributed by atoms with Crippen LogP contribution in [0.1, 0.15) is 43.2 Å². The number of carbonyl (C=O) groups excluding carboxylic acids is 4. The Kier molecular flexibility index (Phi) is 13.8. The SMILES string of the molecule is CO/N=C(\C(=O)NC1C(=O)N2C(C(=O)OC(Sc3ccncc3)N(CC#N)C(=O)OC(C)(C)C)=CCS[C@@H]12)c1csc(NC(c2ccccc2)(c2ccccc2)c2ccccc2)n1. The number of thiazole rings is 1. The number of benzene rings is 3. The summed E-state index contributed by atoms with van der Waals surface area (Å²) in [6.45, 7) is 4.56. The van der Waals surface area contributed by atoms with Crippen LogP contribution < -0.4 is 10.6 Å². The highest BCUT2D eigenvalue weighted by molar-refractivity contribution is 8.00. The summed E-state index contributed by atoms with van der Waals surface area (Å²) < 4.78 is 11.4. The van der Waals surface area contributed by atoms with Crippen LogP contribution in [0.5, 0.6) is 0 Å². The second kappa shape index (κ2) is 19.6. The third-order valence-electron chi connectivity index (χ3n) is 9.62. The third-order valence-corrected chi connectivity index (χ3v) is 12.7. The number of nitriles is 1. The van der Waals surface area contributed by atoms with Crippen LogP contribution in [0.4, 0.5) is 9.93 Å². The maximum atomic E-state index is 14.0. The van der Waals surface area contributed by atoms with Crippen LogP contribution in [-0.2, 0) is 34.2 Å². The minimum atomic E-state index is -1.36. The van der Waals surface area contributed by atoms with Crippen LogP contribution in [0, 0.1) is 11.3 Å². The van der Waals surface area contributed by atoms with Crippen molar-refractivity contribution in [3.63, 3.8) is 0 Å². The molecule has 2 unspecified atom stereocenters. The van der Waals surface area contributed by atoms with E-state index in [0.717, 1.165) is 33.4 Å². The molecular formula is C45H42N8O7S3. The molecule has 63 heavy (non-hydrogen) atoms. The second-order valence-corrected chi connectivity index (χ2v) is 18.0. The van der Waals surface area contributed by atoms with Crippen LogP contribution in [0.3, 0.4) is 0 Å². The van der Waals surface area contributed by atoms with E-state index in [9.17, 15) is 24.4 Å². The fraction of sp³-hybridized carbons (Fsp3) is 0.244. The van der Waals surface area contributed by atoms with Gasteiger partial charge in [-0.2, -0.15) is 5.26 Å². The van der Waals surface area contributed by atoms with Gasteiger partial charge in [0.2, 0.25) is 5.56 Å². The number of rotatable bonds is 15. The quantitative estimate of drug-likeness (QED) is 0.0161. The molecule has 0 saturated carbocycles. The highest BCUT2D eigenvalue weighted by atomic mass is 32.2. The summed E-state index contributed by atoms with van der Waals surface area (Å²) in [4.78, 5) is 71.8. The molecule has 7 rings (SSSR count). The van der Waals surface area contributed by atoms with Gasteiger partial charge in [0, 0.05) is 28.4 Å². The van der Waals surface area contributed by atoms with Crippen molar-refractivity contribution in [2.75, 3.05) is 24.7 Å². The van der Waals surface area contributed by atoms with Crippen LogP contribution >= 0.6 is 34.9 Å². The van der Waals surface area contributed by atoms with Gasteiger partial charge in [-0.15, -0.1) is 23.1 Å². The molecule has 0 radical (unpaired) electrons. The van der Waals surface area contributed by atoms with Crippen LogP contribution in [0.2, 0.25) is 0 Å². The molecule has 0 aliphatic carbocycles. The van der Waals surface area contributed by atoms with Crippen molar-refractivity contribution in [2.24, 2.45) is 5.16 Å². The first-order valence-corrected chi connectivity index (χ1v) is 22.4. The number of pyridine rings is 1. The summed E-state index contributed by atoms with van der Waals surface area (Å²) >= 11 is 3.59. The number of fused-ring (bicyclic) bond motifs is 1. The second-order valence-electron chi connectivity index (χ2n) is 14.9. The van der Waals surface area contributed by atoms with Gasteiger partial charge in [-0.05, 0) is 55.7 Å². The van der Waals surface area contributed by atoms with Gasteiger partial charge in [-0.1, -0.05) is 108 Å². The highest BCUT2D eigenvalue weighted by Gasteiger charge is 2.54. The monoisotopic (exact) mass is 902 g/mol. The highest BCUT2D eigenvalue weighted by Crippen LogP contribution is 2.42. The molecule has 3 amide bonds. The molecule has 322 valence electrons. The number of hydrogen-bond donors (Lipinski definition) is 2. The number of carbonyl (C=O) groups is 4. The molecular weight excluding hydrogens is 861 g/mol. The number of amides is 3. The van der Waals surface area contributed by atoms with Gasteiger partial charge in [-0.25, -0.2) is 19.5 Å². The maximum absolute atomic E-state index is 14.0. The topological polar surface area (TPSA) is 188 Å². The summed E-state index contributed by atoms with van der Waals surface area (Å²) in [5.41, 5.74) is -0.299. The van der Waals surface area contributed by atoms with Gasteiger partial charge in [0.1, 0.15) is 47.6 Å². The Bertz CT molecular complexity index is 2430. The Morgan fingerprint density at radius 1 is 0.968 bits per heavy atom. The van der Waals surface area contributed by atoms with Crippen molar-refractivity contribution in [1.82, 2.24) is 25.1 Å². The fourth-order valence-electron chi connectivity index (χ4n) is 6.87. The molecule has 3 atom stereocenters. The molecule has 5 aromatic rings. The first-order valence-electron chi connectivity index (χ1n) is 19.5. The predicted molar refractivity (Wildman–Crippen MR) is 240 cm³/mol. The van der Waals surface area contributed by atoms with E-state index >= 15 is 0 Å². The Balaban J connectivity index is 1.09. The van der Waals surface area contributed by atoms with Gasteiger partial charge in [-0.3, -0.25) is 19.5 Å². The van der Waals surface area contributed by atoms with Crippen molar-refractivity contribution < 1.29 is 33.5 Å². The Hall–Kier alpha value is -6.68. The van der Waals surface area contributed by atoms with E-state index in [1.54, 1.807) is 38.3 Å². The zero-order chi connectivity index (χ0) is 44.6. The van der Waals surface area contributed by atoms with Gasteiger partial charge in [0.25, 0.3) is 11.8 Å². The van der Waals surface area contributed by atoms with E-state index in [2.05, 4.69) is 20.8 Å². The molecule has 4 heterocycles. The average molecular weight is 903 g/mol. The summed E-state index contributed by atoms with van der Waals surface area (Å²) in [6.07, 6.45) is 3.72. The van der Waals surface area contributed by atoms with E-state index in [1.807, 2.05) is 97.1 Å². The van der Waals surface area contributed by atoms with Crippen LogP contribution in [0.25, 0.3) is 0 Å². The first-order chi connectivity index (χ1) is 30.4. The molecule has 18 heteroatoms. The summed E-state index contributed by atoms with van der Waals surface area (Å²) in [6, 6.07) is 34.2. The molecule has 2 aliphatic rings. The predicted octanol–water partition coefficient (Wildman–Crippen LogP) is 6.96. The minimum absolute atomic E-state index is 0.0737. The summed E-state index contributed by atoms with van der Waals surface area (Å²) in [7, 11) is 1.31. The van der Waals surface area contributed by atoms with Gasteiger partial charge >= 0.3 is 12.1 Å². The number of anilines is 1. The molecule has 15 nitrogen and oxygen atoms in total. The zero-order valence-corrected chi connectivity index (χ0v) is 37.0. The standard InChI is InChI=1S/C45H42N8O7S3/c1-44(2,3)60-42(57)52(26-23-46)43(63-32-20-24-47-25-21-32)59-40(56)34-22-27-61-39-36(38(55)53(34)39)49-37(54)35(51-58-4)33-28-62-41(48-33)50-45(29-14-8-5-9-15-29,30-16-10-6-11-17-30)31-18-12-7-13-19-31/h5-22,24-25,28,36,39,43H,26-27H2,1-4H3,(H,48,50)(H,49,54)/b51-35-/t36?,39-,43?/m0/s1. The lowest BCUT2D eigenvalue weighted by Gasteiger charge is -2.48. The number of esters is 1.